The van der Waals surface area contributed by atoms with Crippen molar-refractivity contribution >= 4 is 58.6 Å². The fourth-order valence-electron chi connectivity index (χ4n) is 2.29. The molecule has 0 radical (unpaired) electrons. The van der Waals surface area contributed by atoms with Crippen molar-refractivity contribution in [2.75, 3.05) is 28.6 Å². The number of fused-ring (bicyclic) bond motifs is 1. The summed E-state index contributed by atoms with van der Waals surface area (Å²) in [4.78, 5) is 17.8. The van der Waals surface area contributed by atoms with Gasteiger partial charge in [-0.3, -0.25) is 4.79 Å². The number of halogens is 2. The van der Waals surface area contributed by atoms with Crippen molar-refractivity contribution in [3.05, 3.63) is 35.3 Å². The van der Waals surface area contributed by atoms with Gasteiger partial charge in [-0.2, -0.15) is 0 Å². The Hall–Kier alpha value is -1.50. The van der Waals surface area contributed by atoms with Crippen LogP contribution >= 0.6 is 36.2 Å². The smallest absolute Gasteiger partial charge is 0.223 e. The van der Waals surface area contributed by atoms with Crippen LogP contribution in [0, 0.1) is 0 Å². The normalized spacial score (nSPS) is 12.3. The van der Waals surface area contributed by atoms with Gasteiger partial charge in [0.25, 0.3) is 0 Å². The second-order valence-electron chi connectivity index (χ2n) is 4.69. The van der Waals surface area contributed by atoms with Gasteiger partial charge in [-0.25, -0.2) is 4.98 Å². The van der Waals surface area contributed by atoms with Gasteiger partial charge in [0.1, 0.15) is 0 Å². The Morgan fingerprint density at radius 3 is 2.95 bits per heavy atom. The molecule has 8 heteroatoms. The Labute approximate surface area is 145 Å². The lowest BCUT2D eigenvalue weighted by molar-refractivity contribution is -0.114. The second-order valence-corrected chi connectivity index (χ2v) is 5.55. The van der Waals surface area contributed by atoms with Crippen LogP contribution in [0.1, 0.15) is 12.6 Å². The molecule has 1 aliphatic rings. The van der Waals surface area contributed by atoms with E-state index >= 15 is 0 Å². The number of anilines is 3. The number of nitrogens with zero attached hydrogens (tertiary/aromatic N) is 2. The van der Waals surface area contributed by atoms with E-state index in [1.54, 1.807) is 0 Å². The Bertz CT molecular complexity index is 635. The minimum absolute atomic E-state index is 0. The molecule has 1 aliphatic heterocycles. The Balaban J connectivity index is 0.00000121. The fourth-order valence-corrected chi connectivity index (χ4v) is 3.04. The zero-order chi connectivity index (χ0) is 13.9. The van der Waals surface area contributed by atoms with Crippen LogP contribution in [0.15, 0.2) is 29.6 Å². The lowest BCUT2D eigenvalue weighted by Crippen LogP contribution is -2.33. The van der Waals surface area contributed by atoms with Crippen molar-refractivity contribution in [1.29, 1.82) is 0 Å². The second kappa shape index (κ2) is 8.22. The molecule has 22 heavy (non-hydrogen) atoms. The lowest BCUT2D eigenvalue weighted by Gasteiger charge is -2.31. The first-order valence-electron chi connectivity index (χ1n) is 6.52. The number of thiazole rings is 1. The van der Waals surface area contributed by atoms with Gasteiger partial charge in [0.05, 0.1) is 23.6 Å². The molecule has 2 aromatic rings. The first-order chi connectivity index (χ1) is 9.72. The average molecular weight is 361 g/mol. The summed E-state index contributed by atoms with van der Waals surface area (Å²) in [6.45, 7) is 4.13. The molecule has 2 N–H and O–H groups in total. The van der Waals surface area contributed by atoms with E-state index in [0.717, 1.165) is 31.0 Å². The molecule has 3 rings (SSSR count). The summed E-state index contributed by atoms with van der Waals surface area (Å²) < 4.78 is 0. The van der Waals surface area contributed by atoms with Crippen LogP contribution in [0.4, 0.5) is 16.5 Å². The maximum atomic E-state index is 11.0. The molecule has 0 spiro atoms. The molecular formula is C14H18Cl2N4OS. The third-order valence-corrected chi connectivity index (χ3v) is 3.94. The summed E-state index contributed by atoms with van der Waals surface area (Å²) in [5.41, 5.74) is 3.35. The minimum Gasteiger partial charge on any atom is -0.382 e. The standard InChI is InChI=1S/C14H16N4OS.2ClH/c1-10(19)16-14-17-11(9-20-14)8-18-7-6-15-12-4-2-3-5-13(12)18;;/h2-5,9,15H,6-8H2,1H3,(H,16,17,19);2*1H. The number of carbonyl (C=O) groups is 1. The molecule has 1 aromatic carbocycles. The minimum atomic E-state index is -0.0848. The highest BCUT2D eigenvalue weighted by molar-refractivity contribution is 7.13. The van der Waals surface area contributed by atoms with Crippen molar-refractivity contribution < 1.29 is 4.79 Å². The molecule has 0 aliphatic carbocycles. The summed E-state index contributed by atoms with van der Waals surface area (Å²) in [5, 5.41) is 8.77. The Morgan fingerprint density at radius 1 is 1.41 bits per heavy atom. The van der Waals surface area contributed by atoms with Crippen molar-refractivity contribution in [1.82, 2.24) is 4.98 Å². The molecule has 0 fully saturated rings. The van der Waals surface area contributed by atoms with Crippen LogP contribution in [0.2, 0.25) is 0 Å². The third kappa shape index (κ3) is 4.25. The van der Waals surface area contributed by atoms with Gasteiger partial charge < -0.3 is 15.5 Å². The van der Waals surface area contributed by atoms with Crippen molar-refractivity contribution in [2.24, 2.45) is 0 Å². The number of amides is 1. The summed E-state index contributed by atoms with van der Waals surface area (Å²) in [6, 6.07) is 8.28. The summed E-state index contributed by atoms with van der Waals surface area (Å²) in [7, 11) is 0. The van der Waals surface area contributed by atoms with E-state index < -0.39 is 0 Å². The predicted molar refractivity (Wildman–Crippen MR) is 96.9 cm³/mol. The lowest BCUT2D eigenvalue weighted by atomic mass is 10.2. The van der Waals surface area contributed by atoms with Crippen LogP contribution in [0.3, 0.4) is 0 Å². The predicted octanol–water partition coefficient (Wildman–Crippen LogP) is 3.38. The van der Waals surface area contributed by atoms with Gasteiger partial charge in [-0.1, -0.05) is 12.1 Å². The van der Waals surface area contributed by atoms with Crippen molar-refractivity contribution in [3.8, 4) is 0 Å². The average Bonchev–Trinajstić information content (AvgIpc) is 2.86. The van der Waals surface area contributed by atoms with Crippen molar-refractivity contribution in [3.63, 3.8) is 0 Å². The molecule has 2 heterocycles. The molecule has 0 bridgehead atoms. The number of hydrogen-bond donors (Lipinski definition) is 2. The van der Waals surface area contributed by atoms with Gasteiger partial charge in [-0.05, 0) is 12.1 Å². The number of aromatic nitrogens is 1. The molecule has 0 saturated carbocycles. The number of rotatable bonds is 3. The molecule has 5 nitrogen and oxygen atoms in total. The Kier molecular flexibility index (Phi) is 6.93. The van der Waals surface area contributed by atoms with Crippen molar-refractivity contribution in [2.45, 2.75) is 13.5 Å². The molecule has 120 valence electrons. The number of hydrogen-bond acceptors (Lipinski definition) is 5. The highest BCUT2D eigenvalue weighted by Gasteiger charge is 2.17. The van der Waals surface area contributed by atoms with E-state index in [-0.39, 0.29) is 30.7 Å². The van der Waals surface area contributed by atoms with Gasteiger partial charge >= 0.3 is 0 Å². The number of benzene rings is 1. The fraction of sp³-hybridized carbons (Fsp3) is 0.286. The highest BCUT2D eigenvalue weighted by Crippen LogP contribution is 2.30. The number of nitrogens with one attached hydrogen (secondary N) is 2. The SMILES string of the molecule is CC(=O)Nc1nc(CN2CCNc3ccccc32)cs1.Cl.Cl. The summed E-state index contributed by atoms with van der Waals surface area (Å²) >= 11 is 1.46. The number of para-hydroxylation sites is 2. The van der Waals surface area contributed by atoms with E-state index in [4.69, 9.17) is 0 Å². The van der Waals surface area contributed by atoms with E-state index in [9.17, 15) is 4.79 Å². The van der Waals surface area contributed by atoms with E-state index in [0.29, 0.717) is 5.13 Å². The first kappa shape index (κ1) is 18.5. The van der Waals surface area contributed by atoms with E-state index in [2.05, 4.69) is 32.7 Å². The molecule has 0 unspecified atom stereocenters. The van der Waals surface area contributed by atoms with Crippen LogP contribution in [-0.4, -0.2) is 24.0 Å². The zero-order valence-corrected chi connectivity index (χ0v) is 14.5. The summed E-state index contributed by atoms with van der Waals surface area (Å²) in [5.74, 6) is -0.0848. The van der Waals surface area contributed by atoms with Gasteiger partial charge in [-0.15, -0.1) is 36.2 Å². The third-order valence-electron chi connectivity index (χ3n) is 3.13. The van der Waals surface area contributed by atoms with Gasteiger partial charge in [0, 0.05) is 25.4 Å². The monoisotopic (exact) mass is 360 g/mol. The quantitative estimate of drug-likeness (QED) is 0.880. The molecule has 0 atom stereocenters. The maximum absolute atomic E-state index is 11.0. The maximum Gasteiger partial charge on any atom is 0.223 e. The van der Waals surface area contributed by atoms with Crippen LogP contribution in [-0.2, 0) is 11.3 Å². The van der Waals surface area contributed by atoms with E-state index in [1.807, 2.05) is 17.5 Å². The summed E-state index contributed by atoms with van der Waals surface area (Å²) in [6.07, 6.45) is 0. The first-order valence-corrected chi connectivity index (χ1v) is 7.40. The van der Waals surface area contributed by atoms with Crippen LogP contribution in [0.25, 0.3) is 0 Å². The number of carbonyl (C=O) groups excluding carboxylic acids is 1. The zero-order valence-electron chi connectivity index (χ0n) is 12.0. The topological polar surface area (TPSA) is 57.3 Å². The highest BCUT2D eigenvalue weighted by atomic mass is 35.5. The van der Waals surface area contributed by atoms with E-state index in [1.165, 1.54) is 23.9 Å². The Morgan fingerprint density at radius 2 is 2.18 bits per heavy atom. The van der Waals surface area contributed by atoms with Gasteiger partial charge in [0.15, 0.2) is 5.13 Å². The molecule has 1 aromatic heterocycles. The molecule has 1 amide bonds. The van der Waals surface area contributed by atoms with Crippen LogP contribution in [0.5, 0.6) is 0 Å². The molecule has 0 saturated heterocycles. The largest absolute Gasteiger partial charge is 0.382 e. The van der Waals surface area contributed by atoms with Crippen LogP contribution < -0.4 is 15.5 Å². The molecular weight excluding hydrogens is 343 g/mol. The van der Waals surface area contributed by atoms with Gasteiger partial charge in [0.2, 0.25) is 5.91 Å².